The summed E-state index contributed by atoms with van der Waals surface area (Å²) < 4.78 is 5.36. The number of carbonyl (C=O) groups is 1. The second-order valence-electron chi connectivity index (χ2n) is 5.90. The van der Waals surface area contributed by atoms with Crippen LogP contribution < -0.4 is 5.32 Å². The number of nitrogens with one attached hydrogen (secondary N) is 1. The van der Waals surface area contributed by atoms with Crippen molar-refractivity contribution >= 4 is 23.2 Å². The van der Waals surface area contributed by atoms with Crippen molar-refractivity contribution in [2.45, 2.75) is 13.0 Å². The molecule has 1 aliphatic heterocycles. The molecule has 0 aromatic heterocycles. The SMILES string of the molecule is O=C(Cc1ccccc1Cl)Nc1ccc(CN2CCOCC2)cc1. The molecule has 0 atom stereocenters. The summed E-state index contributed by atoms with van der Waals surface area (Å²) in [7, 11) is 0. The van der Waals surface area contributed by atoms with E-state index >= 15 is 0 Å². The molecule has 2 aromatic rings. The molecule has 126 valence electrons. The second kappa shape index (κ2) is 8.29. The molecule has 1 heterocycles. The average Bonchev–Trinajstić information content (AvgIpc) is 2.60. The number of anilines is 1. The summed E-state index contributed by atoms with van der Waals surface area (Å²) in [6.45, 7) is 4.45. The van der Waals surface area contributed by atoms with Crippen LogP contribution in [0.1, 0.15) is 11.1 Å². The van der Waals surface area contributed by atoms with Gasteiger partial charge < -0.3 is 10.1 Å². The van der Waals surface area contributed by atoms with Crippen molar-refractivity contribution in [3.63, 3.8) is 0 Å². The van der Waals surface area contributed by atoms with Crippen molar-refractivity contribution in [2.24, 2.45) is 0 Å². The molecule has 4 nitrogen and oxygen atoms in total. The van der Waals surface area contributed by atoms with E-state index in [1.807, 2.05) is 30.3 Å². The highest BCUT2D eigenvalue weighted by Gasteiger charge is 2.11. The van der Waals surface area contributed by atoms with Gasteiger partial charge in [-0.15, -0.1) is 0 Å². The fraction of sp³-hybridized carbons (Fsp3) is 0.316. The summed E-state index contributed by atoms with van der Waals surface area (Å²) in [6.07, 6.45) is 0.273. The fourth-order valence-corrected chi connectivity index (χ4v) is 2.93. The Morgan fingerprint density at radius 2 is 1.79 bits per heavy atom. The van der Waals surface area contributed by atoms with E-state index in [4.69, 9.17) is 16.3 Å². The minimum Gasteiger partial charge on any atom is -0.379 e. The molecule has 0 aliphatic carbocycles. The van der Waals surface area contributed by atoms with Gasteiger partial charge in [-0.25, -0.2) is 0 Å². The third-order valence-corrected chi connectivity index (χ3v) is 4.43. The number of halogens is 1. The lowest BCUT2D eigenvalue weighted by atomic mass is 10.1. The summed E-state index contributed by atoms with van der Waals surface area (Å²) >= 11 is 6.09. The quantitative estimate of drug-likeness (QED) is 0.904. The predicted octanol–water partition coefficient (Wildman–Crippen LogP) is 3.35. The number of hydrogen-bond acceptors (Lipinski definition) is 3. The van der Waals surface area contributed by atoms with E-state index in [-0.39, 0.29) is 12.3 Å². The van der Waals surface area contributed by atoms with Gasteiger partial charge in [0.2, 0.25) is 5.91 Å². The first-order valence-corrected chi connectivity index (χ1v) is 8.51. The number of hydrogen-bond donors (Lipinski definition) is 1. The number of amides is 1. The van der Waals surface area contributed by atoms with Crippen LogP contribution >= 0.6 is 11.6 Å². The molecule has 0 saturated carbocycles. The number of benzene rings is 2. The van der Waals surface area contributed by atoms with Crippen LogP contribution in [-0.4, -0.2) is 37.1 Å². The van der Waals surface area contributed by atoms with E-state index in [9.17, 15) is 4.79 Å². The minimum atomic E-state index is -0.0657. The van der Waals surface area contributed by atoms with Crippen molar-refractivity contribution in [1.82, 2.24) is 4.90 Å². The van der Waals surface area contributed by atoms with E-state index in [1.54, 1.807) is 6.07 Å². The fourth-order valence-electron chi connectivity index (χ4n) is 2.73. The molecule has 24 heavy (non-hydrogen) atoms. The Balaban J connectivity index is 1.53. The van der Waals surface area contributed by atoms with Gasteiger partial charge in [0.25, 0.3) is 0 Å². The smallest absolute Gasteiger partial charge is 0.228 e. The maximum atomic E-state index is 12.1. The lowest BCUT2D eigenvalue weighted by Crippen LogP contribution is -2.35. The number of rotatable bonds is 5. The summed E-state index contributed by atoms with van der Waals surface area (Å²) in [6, 6.07) is 15.4. The van der Waals surface area contributed by atoms with Crippen LogP contribution in [0, 0.1) is 0 Å². The third-order valence-electron chi connectivity index (χ3n) is 4.06. The molecule has 0 bridgehead atoms. The van der Waals surface area contributed by atoms with Crippen LogP contribution in [0.15, 0.2) is 48.5 Å². The topological polar surface area (TPSA) is 41.6 Å². The van der Waals surface area contributed by atoms with Gasteiger partial charge in [0.1, 0.15) is 0 Å². The molecule has 1 aliphatic rings. The van der Waals surface area contributed by atoms with Gasteiger partial charge in [-0.3, -0.25) is 9.69 Å². The molecule has 0 spiro atoms. The van der Waals surface area contributed by atoms with Crippen molar-refractivity contribution < 1.29 is 9.53 Å². The number of morpholine rings is 1. The number of ether oxygens (including phenoxy) is 1. The molecule has 0 unspecified atom stereocenters. The van der Waals surface area contributed by atoms with Crippen LogP contribution in [-0.2, 0) is 22.5 Å². The van der Waals surface area contributed by atoms with E-state index in [0.717, 1.165) is 44.1 Å². The van der Waals surface area contributed by atoms with Gasteiger partial charge in [-0.05, 0) is 29.3 Å². The first-order valence-electron chi connectivity index (χ1n) is 8.13. The monoisotopic (exact) mass is 344 g/mol. The Morgan fingerprint density at radius 3 is 2.50 bits per heavy atom. The van der Waals surface area contributed by atoms with Crippen molar-refractivity contribution in [3.8, 4) is 0 Å². The number of nitrogens with zero attached hydrogens (tertiary/aromatic N) is 1. The lowest BCUT2D eigenvalue weighted by molar-refractivity contribution is -0.115. The molecule has 3 rings (SSSR count). The van der Waals surface area contributed by atoms with E-state index < -0.39 is 0 Å². The Kier molecular flexibility index (Phi) is 5.86. The highest BCUT2D eigenvalue weighted by Crippen LogP contribution is 2.17. The summed E-state index contributed by atoms with van der Waals surface area (Å²) in [5, 5.41) is 3.54. The Labute approximate surface area is 147 Å². The van der Waals surface area contributed by atoms with E-state index in [0.29, 0.717) is 5.02 Å². The summed E-state index contributed by atoms with van der Waals surface area (Å²) in [5.74, 6) is -0.0657. The van der Waals surface area contributed by atoms with Crippen LogP contribution in [0.2, 0.25) is 5.02 Å². The van der Waals surface area contributed by atoms with Crippen molar-refractivity contribution in [1.29, 1.82) is 0 Å². The van der Waals surface area contributed by atoms with Crippen LogP contribution in [0.5, 0.6) is 0 Å². The van der Waals surface area contributed by atoms with Crippen molar-refractivity contribution in [3.05, 3.63) is 64.7 Å². The molecule has 2 aromatic carbocycles. The third kappa shape index (κ3) is 4.81. The van der Waals surface area contributed by atoms with Gasteiger partial charge in [0.15, 0.2) is 0 Å². The van der Waals surface area contributed by atoms with Crippen LogP contribution in [0.3, 0.4) is 0 Å². The summed E-state index contributed by atoms with van der Waals surface area (Å²) in [4.78, 5) is 14.5. The Hall–Kier alpha value is -1.88. The van der Waals surface area contributed by atoms with Gasteiger partial charge in [0, 0.05) is 30.3 Å². The zero-order valence-electron chi connectivity index (χ0n) is 13.5. The summed E-state index contributed by atoms with van der Waals surface area (Å²) in [5.41, 5.74) is 2.87. The minimum absolute atomic E-state index is 0.0657. The molecule has 0 radical (unpaired) electrons. The molecular weight excluding hydrogens is 324 g/mol. The highest BCUT2D eigenvalue weighted by atomic mass is 35.5. The van der Waals surface area contributed by atoms with Gasteiger partial charge in [-0.1, -0.05) is 41.9 Å². The maximum absolute atomic E-state index is 12.1. The molecular formula is C19H21ClN2O2. The van der Waals surface area contributed by atoms with Gasteiger partial charge in [0.05, 0.1) is 19.6 Å². The maximum Gasteiger partial charge on any atom is 0.228 e. The zero-order valence-corrected chi connectivity index (χ0v) is 14.3. The van der Waals surface area contributed by atoms with E-state index in [1.165, 1.54) is 5.56 Å². The van der Waals surface area contributed by atoms with Gasteiger partial charge in [-0.2, -0.15) is 0 Å². The standard InChI is InChI=1S/C19H21ClN2O2/c20-18-4-2-1-3-16(18)13-19(23)21-17-7-5-15(6-8-17)14-22-9-11-24-12-10-22/h1-8H,9-14H2,(H,21,23). The van der Waals surface area contributed by atoms with Gasteiger partial charge >= 0.3 is 0 Å². The van der Waals surface area contributed by atoms with Crippen molar-refractivity contribution in [2.75, 3.05) is 31.6 Å². The highest BCUT2D eigenvalue weighted by molar-refractivity contribution is 6.31. The normalized spacial score (nSPS) is 15.2. The second-order valence-corrected chi connectivity index (χ2v) is 6.31. The zero-order chi connectivity index (χ0) is 16.8. The number of carbonyl (C=O) groups excluding carboxylic acids is 1. The largest absolute Gasteiger partial charge is 0.379 e. The Morgan fingerprint density at radius 1 is 1.08 bits per heavy atom. The first-order chi connectivity index (χ1) is 11.7. The first kappa shape index (κ1) is 17.0. The molecule has 1 amide bonds. The van der Waals surface area contributed by atoms with Crippen LogP contribution in [0.25, 0.3) is 0 Å². The molecule has 5 heteroatoms. The molecule has 1 N–H and O–H groups in total. The predicted molar refractivity (Wildman–Crippen MR) is 96.3 cm³/mol. The molecule has 1 fully saturated rings. The lowest BCUT2D eigenvalue weighted by Gasteiger charge is -2.26. The van der Waals surface area contributed by atoms with E-state index in [2.05, 4.69) is 22.3 Å². The van der Waals surface area contributed by atoms with Crippen LogP contribution in [0.4, 0.5) is 5.69 Å². The average molecular weight is 345 g/mol. The Bertz CT molecular complexity index is 682. The molecule has 1 saturated heterocycles.